The molecule has 0 heterocycles. The van der Waals surface area contributed by atoms with Gasteiger partial charge in [0.15, 0.2) is 0 Å². The van der Waals surface area contributed by atoms with Crippen molar-refractivity contribution in [1.29, 1.82) is 0 Å². The fraction of sp³-hybridized carbons (Fsp3) is 0.0952. The van der Waals surface area contributed by atoms with E-state index in [4.69, 9.17) is 39.5 Å². The molecule has 0 saturated carbocycles. The molecular weight excluding hydrogens is 389 g/mol. The molecule has 132 valence electrons. The molecule has 0 atom stereocenters. The smallest absolute Gasteiger partial charge is 0.138 e. The predicted octanol–water partition coefficient (Wildman–Crippen LogP) is 7.28. The molecule has 0 aliphatic rings. The molecule has 2 nitrogen and oxygen atoms in total. The van der Waals surface area contributed by atoms with Gasteiger partial charge in [0.2, 0.25) is 0 Å². The van der Waals surface area contributed by atoms with Gasteiger partial charge in [-0.05, 0) is 66.1 Å². The third-order valence-electron chi connectivity index (χ3n) is 3.83. The van der Waals surface area contributed by atoms with E-state index < -0.39 is 0 Å². The maximum atomic E-state index is 6.33. The van der Waals surface area contributed by atoms with Gasteiger partial charge in [-0.3, -0.25) is 4.99 Å². The zero-order valence-electron chi connectivity index (χ0n) is 14.0. The van der Waals surface area contributed by atoms with Gasteiger partial charge >= 0.3 is 0 Å². The number of ether oxygens (including phenoxy) is 1. The Morgan fingerprint density at radius 2 is 1.73 bits per heavy atom. The van der Waals surface area contributed by atoms with Gasteiger partial charge in [0, 0.05) is 16.3 Å². The molecule has 0 aromatic heterocycles. The maximum Gasteiger partial charge on any atom is 0.138 e. The molecule has 3 aromatic carbocycles. The minimum Gasteiger partial charge on any atom is -0.487 e. The second-order valence-electron chi connectivity index (χ2n) is 5.75. The Morgan fingerprint density at radius 3 is 2.50 bits per heavy atom. The van der Waals surface area contributed by atoms with Crippen LogP contribution < -0.4 is 4.74 Å². The van der Waals surface area contributed by atoms with E-state index in [0.717, 1.165) is 22.4 Å². The molecule has 26 heavy (non-hydrogen) atoms. The number of nitrogens with zero attached hydrogens (tertiary/aromatic N) is 1. The fourth-order valence-corrected chi connectivity index (χ4v) is 3.01. The predicted molar refractivity (Wildman–Crippen MR) is 111 cm³/mol. The van der Waals surface area contributed by atoms with Gasteiger partial charge < -0.3 is 4.74 Å². The average molecular weight is 405 g/mol. The maximum absolute atomic E-state index is 6.33. The zero-order chi connectivity index (χ0) is 18.5. The van der Waals surface area contributed by atoms with Crippen molar-refractivity contribution in [3.8, 4) is 5.75 Å². The van der Waals surface area contributed by atoms with Crippen molar-refractivity contribution in [2.24, 2.45) is 4.99 Å². The van der Waals surface area contributed by atoms with E-state index in [1.807, 2.05) is 67.6 Å². The molecule has 0 spiro atoms. The van der Waals surface area contributed by atoms with Crippen LogP contribution in [0.1, 0.15) is 16.7 Å². The molecule has 5 heteroatoms. The summed E-state index contributed by atoms with van der Waals surface area (Å²) in [6.07, 6.45) is 1.76. The summed E-state index contributed by atoms with van der Waals surface area (Å²) >= 11 is 18.4. The summed E-state index contributed by atoms with van der Waals surface area (Å²) < 4.78 is 5.78. The summed E-state index contributed by atoms with van der Waals surface area (Å²) in [7, 11) is 0. The minimum atomic E-state index is 0.398. The third kappa shape index (κ3) is 4.79. The largest absolute Gasteiger partial charge is 0.487 e. The van der Waals surface area contributed by atoms with Gasteiger partial charge in [0.05, 0.1) is 10.7 Å². The van der Waals surface area contributed by atoms with Crippen LogP contribution in [0, 0.1) is 6.92 Å². The van der Waals surface area contributed by atoms with Crippen molar-refractivity contribution in [1.82, 2.24) is 0 Å². The molecule has 3 rings (SSSR count). The lowest BCUT2D eigenvalue weighted by molar-refractivity contribution is 0.306. The Kier molecular flexibility index (Phi) is 6.20. The van der Waals surface area contributed by atoms with Crippen molar-refractivity contribution in [2.75, 3.05) is 0 Å². The topological polar surface area (TPSA) is 21.6 Å². The second kappa shape index (κ2) is 8.59. The number of benzene rings is 3. The van der Waals surface area contributed by atoms with E-state index in [0.29, 0.717) is 27.4 Å². The molecule has 0 fully saturated rings. The van der Waals surface area contributed by atoms with Gasteiger partial charge in [-0.1, -0.05) is 53.0 Å². The lowest BCUT2D eigenvalue weighted by Crippen LogP contribution is -1.96. The first-order chi connectivity index (χ1) is 12.5. The normalized spacial score (nSPS) is 11.1. The minimum absolute atomic E-state index is 0.398. The zero-order valence-corrected chi connectivity index (χ0v) is 16.3. The van der Waals surface area contributed by atoms with Crippen molar-refractivity contribution >= 4 is 46.7 Å². The van der Waals surface area contributed by atoms with Crippen LogP contribution in [0.4, 0.5) is 5.69 Å². The van der Waals surface area contributed by atoms with E-state index in [-0.39, 0.29) is 0 Å². The highest BCUT2D eigenvalue weighted by Crippen LogP contribution is 2.28. The Morgan fingerprint density at radius 1 is 0.923 bits per heavy atom. The van der Waals surface area contributed by atoms with Crippen LogP contribution in [0.2, 0.25) is 15.1 Å². The van der Waals surface area contributed by atoms with E-state index in [2.05, 4.69) is 4.99 Å². The number of hydrogen-bond donors (Lipinski definition) is 0. The summed E-state index contributed by atoms with van der Waals surface area (Å²) in [5.41, 5.74) is 3.63. The number of rotatable bonds is 5. The van der Waals surface area contributed by atoms with Crippen molar-refractivity contribution in [2.45, 2.75) is 13.5 Å². The standard InChI is InChI=1S/C21H16Cl3NO/c1-14-18(23)6-3-7-20(14)25-12-15-8-9-21(19(24)11-15)26-13-16-4-2-5-17(22)10-16/h2-12H,13H2,1H3. The Bertz CT molecular complexity index is 954. The van der Waals surface area contributed by atoms with Crippen molar-refractivity contribution in [3.05, 3.63) is 92.4 Å². The molecule has 0 unspecified atom stereocenters. The highest BCUT2D eigenvalue weighted by molar-refractivity contribution is 6.32. The van der Waals surface area contributed by atoms with Crippen molar-refractivity contribution in [3.63, 3.8) is 0 Å². The van der Waals surface area contributed by atoms with E-state index in [9.17, 15) is 0 Å². The average Bonchev–Trinajstić information content (AvgIpc) is 2.62. The van der Waals surface area contributed by atoms with Crippen LogP contribution >= 0.6 is 34.8 Å². The van der Waals surface area contributed by atoms with E-state index in [1.54, 1.807) is 6.21 Å². The Hall–Kier alpha value is -2.00. The third-order valence-corrected chi connectivity index (χ3v) is 4.77. The molecule has 0 bridgehead atoms. The number of hydrogen-bond acceptors (Lipinski definition) is 2. The molecule has 0 amide bonds. The van der Waals surface area contributed by atoms with Crippen LogP contribution in [-0.2, 0) is 6.61 Å². The summed E-state index contributed by atoms with van der Waals surface area (Å²) in [6.45, 7) is 2.34. The Labute approximate surface area is 168 Å². The number of aliphatic imine (C=N–C) groups is 1. The molecule has 3 aromatic rings. The Balaban J connectivity index is 1.71. The molecule has 0 aliphatic carbocycles. The van der Waals surface area contributed by atoms with E-state index in [1.165, 1.54) is 0 Å². The summed E-state index contributed by atoms with van der Waals surface area (Å²) in [5.74, 6) is 0.614. The molecule has 0 saturated heterocycles. The SMILES string of the molecule is Cc1c(Cl)cccc1N=Cc1ccc(OCc2cccc(Cl)c2)c(Cl)c1. The van der Waals surface area contributed by atoms with Crippen LogP contribution in [0.5, 0.6) is 5.75 Å². The van der Waals surface area contributed by atoms with Crippen LogP contribution in [0.25, 0.3) is 0 Å². The molecule has 0 N–H and O–H groups in total. The van der Waals surface area contributed by atoms with Crippen LogP contribution in [0.15, 0.2) is 65.7 Å². The first-order valence-electron chi connectivity index (χ1n) is 7.99. The lowest BCUT2D eigenvalue weighted by atomic mass is 10.2. The van der Waals surface area contributed by atoms with Gasteiger partial charge in [0.25, 0.3) is 0 Å². The molecular formula is C21H16Cl3NO. The summed E-state index contributed by atoms with van der Waals surface area (Å²) in [4.78, 5) is 4.49. The van der Waals surface area contributed by atoms with Gasteiger partial charge in [-0.2, -0.15) is 0 Å². The van der Waals surface area contributed by atoms with Gasteiger partial charge in [-0.25, -0.2) is 0 Å². The monoisotopic (exact) mass is 403 g/mol. The van der Waals surface area contributed by atoms with Gasteiger partial charge in [0.1, 0.15) is 12.4 Å². The highest BCUT2D eigenvalue weighted by Gasteiger charge is 2.04. The van der Waals surface area contributed by atoms with Crippen LogP contribution in [0.3, 0.4) is 0 Å². The quantitative estimate of drug-likeness (QED) is 0.409. The summed E-state index contributed by atoms with van der Waals surface area (Å²) in [5, 5.41) is 1.90. The molecule has 0 radical (unpaired) electrons. The fourth-order valence-electron chi connectivity index (χ4n) is 2.38. The highest BCUT2D eigenvalue weighted by atomic mass is 35.5. The first kappa shape index (κ1) is 18.8. The van der Waals surface area contributed by atoms with Gasteiger partial charge in [-0.15, -0.1) is 0 Å². The lowest BCUT2D eigenvalue weighted by Gasteiger charge is -2.09. The summed E-state index contributed by atoms with van der Waals surface area (Å²) in [6, 6.07) is 18.7. The van der Waals surface area contributed by atoms with Crippen LogP contribution in [-0.4, -0.2) is 6.21 Å². The van der Waals surface area contributed by atoms with E-state index >= 15 is 0 Å². The number of halogens is 3. The second-order valence-corrected chi connectivity index (χ2v) is 7.00. The molecule has 0 aliphatic heterocycles. The van der Waals surface area contributed by atoms with Crippen molar-refractivity contribution < 1.29 is 4.74 Å². The first-order valence-corrected chi connectivity index (χ1v) is 9.12.